The first-order valence-corrected chi connectivity index (χ1v) is 6.15. The number of aryl methyl sites for hydroxylation is 1. The van der Waals surface area contributed by atoms with E-state index in [0.29, 0.717) is 30.4 Å². The number of hydrogen-bond donors (Lipinski definition) is 1. The Morgan fingerprint density at radius 2 is 2.11 bits per heavy atom. The highest BCUT2D eigenvalue weighted by Crippen LogP contribution is 2.29. The van der Waals surface area contributed by atoms with Gasteiger partial charge >= 0.3 is 0 Å². The third-order valence-corrected chi connectivity index (χ3v) is 2.71. The topological polar surface area (TPSA) is 70.5 Å². The Morgan fingerprint density at radius 3 is 2.74 bits per heavy atom. The third kappa shape index (κ3) is 3.48. The highest BCUT2D eigenvalue weighted by atomic mass is 16.5. The normalized spacial score (nSPS) is 10.5. The van der Waals surface area contributed by atoms with Crippen LogP contribution in [0.5, 0.6) is 11.5 Å². The molecule has 0 aliphatic heterocycles. The van der Waals surface area contributed by atoms with Crippen LogP contribution in [0.2, 0.25) is 0 Å². The second kappa shape index (κ2) is 6.24. The summed E-state index contributed by atoms with van der Waals surface area (Å²) in [5.41, 5.74) is 7.51. The summed E-state index contributed by atoms with van der Waals surface area (Å²) in [7, 11) is 1.61. The molecule has 1 aromatic heterocycles. The molecule has 5 heteroatoms. The fourth-order valence-corrected chi connectivity index (χ4v) is 1.79. The van der Waals surface area contributed by atoms with Crippen LogP contribution in [0.15, 0.2) is 28.8 Å². The lowest BCUT2D eigenvalue weighted by Gasteiger charge is -2.11. The van der Waals surface area contributed by atoms with E-state index in [4.69, 9.17) is 19.7 Å². The van der Waals surface area contributed by atoms with Crippen LogP contribution >= 0.6 is 0 Å². The zero-order chi connectivity index (χ0) is 13.7. The zero-order valence-corrected chi connectivity index (χ0v) is 11.2. The Bertz CT molecular complexity index is 537. The smallest absolute Gasteiger partial charge is 0.174 e. The summed E-state index contributed by atoms with van der Waals surface area (Å²) in [5, 5.41) is 3.82. The predicted molar refractivity (Wildman–Crippen MR) is 71.3 cm³/mol. The van der Waals surface area contributed by atoms with Gasteiger partial charge in [0.25, 0.3) is 0 Å². The molecule has 1 aromatic carbocycles. The lowest BCUT2D eigenvalue weighted by atomic mass is 10.1. The number of benzene rings is 1. The standard InChI is InChI=1S/C14H18N2O3/c1-10-7-12(19-16-10)9-18-14-8-11(5-6-15)3-4-13(14)17-2/h3-4,7-8H,5-6,9,15H2,1-2H3. The van der Waals surface area contributed by atoms with Crippen molar-refractivity contribution in [2.45, 2.75) is 20.0 Å². The molecule has 19 heavy (non-hydrogen) atoms. The Kier molecular flexibility index (Phi) is 4.41. The van der Waals surface area contributed by atoms with E-state index >= 15 is 0 Å². The van der Waals surface area contributed by atoms with Crippen molar-refractivity contribution in [2.75, 3.05) is 13.7 Å². The number of methoxy groups -OCH3 is 1. The van der Waals surface area contributed by atoms with Gasteiger partial charge in [0, 0.05) is 6.07 Å². The van der Waals surface area contributed by atoms with E-state index in [1.807, 2.05) is 31.2 Å². The molecule has 0 unspecified atom stereocenters. The molecule has 0 aliphatic carbocycles. The molecular weight excluding hydrogens is 244 g/mol. The maximum Gasteiger partial charge on any atom is 0.174 e. The fraction of sp³-hybridized carbons (Fsp3) is 0.357. The van der Waals surface area contributed by atoms with Gasteiger partial charge in [0.1, 0.15) is 6.61 Å². The van der Waals surface area contributed by atoms with Crippen molar-refractivity contribution >= 4 is 0 Å². The number of rotatable bonds is 6. The number of nitrogens with two attached hydrogens (primary N) is 1. The minimum atomic E-state index is 0.323. The van der Waals surface area contributed by atoms with E-state index in [-0.39, 0.29) is 0 Å². The molecule has 0 saturated heterocycles. The number of hydrogen-bond acceptors (Lipinski definition) is 5. The molecule has 0 bridgehead atoms. The molecule has 102 valence electrons. The van der Waals surface area contributed by atoms with Gasteiger partial charge < -0.3 is 19.7 Å². The molecule has 0 aliphatic rings. The second-order valence-corrected chi connectivity index (χ2v) is 4.25. The van der Waals surface area contributed by atoms with E-state index in [0.717, 1.165) is 17.7 Å². The minimum Gasteiger partial charge on any atom is -0.493 e. The van der Waals surface area contributed by atoms with Crippen LogP contribution < -0.4 is 15.2 Å². The van der Waals surface area contributed by atoms with Gasteiger partial charge in [-0.25, -0.2) is 0 Å². The van der Waals surface area contributed by atoms with Crippen LogP contribution in [0.1, 0.15) is 17.0 Å². The summed E-state index contributed by atoms with van der Waals surface area (Å²) < 4.78 is 16.1. The monoisotopic (exact) mass is 262 g/mol. The Hall–Kier alpha value is -2.01. The molecule has 0 amide bonds. The van der Waals surface area contributed by atoms with Gasteiger partial charge in [-0.05, 0) is 37.6 Å². The maximum atomic E-state index is 5.71. The maximum absolute atomic E-state index is 5.71. The van der Waals surface area contributed by atoms with E-state index in [2.05, 4.69) is 5.16 Å². The van der Waals surface area contributed by atoms with Gasteiger partial charge in [0.05, 0.1) is 12.8 Å². The van der Waals surface area contributed by atoms with Gasteiger partial charge in [0.15, 0.2) is 17.3 Å². The van der Waals surface area contributed by atoms with Crippen molar-refractivity contribution in [3.8, 4) is 11.5 Å². The highest BCUT2D eigenvalue weighted by Gasteiger charge is 2.08. The van der Waals surface area contributed by atoms with Crippen molar-refractivity contribution in [3.05, 3.63) is 41.3 Å². The van der Waals surface area contributed by atoms with Crippen LogP contribution in [0, 0.1) is 6.92 Å². The summed E-state index contributed by atoms with van der Waals surface area (Å²) in [6.45, 7) is 2.80. The molecule has 0 saturated carbocycles. The molecular formula is C14H18N2O3. The number of nitrogens with zero attached hydrogens (tertiary/aromatic N) is 1. The van der Waals surface area contributed by atoms with Gasteiger partial charge in [-0.2, -0.15) is 0 Å². The molecule has 0 fully saturated rings. The summed E-state index contributed by atoms with van der Waals surface area (Å²) in [5.74, 6) is 2.06. The summed E-state index contributed by atoms with van der Waals surface area (Å²) in [4.78, 5) is 0. The first-order valence-electron chi connectivity index (χ1n) is 6.15. The van der Waals surface area contributed by atoms with Crippen molar-refractivity contribution in [1.82, 2.24) is 5.16 Å². The third-order valence-electron chi connectivity index (χ3n) is 2.71. The van der Waals surface area contributed by atoms with Crippen LogP contribution in [0.3, 0.4) is 0 Å². The number of aromatic nitrogens is 1. The van der Waals surface area contributed by atoms with Crippen molar-refractivity contribution in [3.63, 3.8) is 0 Å². The van der Waals surface area contributed by atoms with Crippen LogP contribution in [0.4, 0.5) is 0 Å². The van der Waals surface area contributed by atoms with Gasteiger partial charge in [-0.1, -0.05) is 11.2 Å². The molecule has 2 N–H and O–H groups in total. The molecule has 0 atom stereocenters. The average Bonchev–Trinajstić information content (AvgIpc) is 2.83. The summed E-state index contributed by atoms with van der Waals surface area (Å²) >= 11 is 0. The average molecular weight is 262 g/mol. The minimum absolute atomic E-state index is 0.323. The van der Waals surface area contributed by atoms with E-state index < -0.39 is 0 Å². The van der Waals surface area contributed by atoms with Crippen molar-refractivity contribution in [1.29, 1.82) is 0 Å². The molecule has 0 radical (unpaired) electrons. The Morgan fingerprint density at radius 1 is 1.26 bits per heavy atom. The van der Waals surface area contributed by atoms with Gasteiger partial charge in [0.2, 0.25) is 0 Å². The van der Waals surface area contributed by atoms with Crippen LogP contribution in [0.25, 0.3) is 0 Å². The molecule has 2 rings (SSSR count). The lowest BCUT2D eigenvalue weighted by molar-refractivity contribution is 0.238. The Balaban J connectivity index is 2.10. The Labute approximate surface area is 112 Å². The second-order valence-electron chi connectivity index (χ2n) is 4.25. The first-order chi connectivity index (χ1) is 9.22. The van der Waals surface area contributed by atoms with E-state index in [1.54, 1.807) is 7.11 Å². The first kappa shape index (κ1) is 13.4. The van der Waals surface area contributed by atoms with Gasteiger partial charge in [-0.15, -0.1) is 0 Å². The highest BCUT2D eigenvalue weighted by molar-refractivity contribution is 5.43. The fourth-order valence-electron chi connectivity index (χ4n) is 1.79. The van der Waals surface area contributed by atoms with Crippen LogP contribution in [-0.4, -0.2) is 18.8 Å². The zero-order valence-electron chi connectivity index (χ0n) is 11.2. The molecule has 2 aromatic rings. The molecule has 5 nitrogen and oxygen atoms in total. The molecule has 0 spiro atoms. The van der Waals surface area contributed by atoms with Gasteiger partial charge in [-0.3, -0.25) is 0 Å². The van der Waals surface area contributed by atoms with E-state index in [9.17, 15) is 0 Å². The summed E-state index contributed by atoms with van der Waals surface area (Å²) in [6, 6.07) is 7.65. The SMILES string of the molecule is COc1ccc(CCN)cc1OCc1cc(C)no1. The van der Waals surface area contributed by atoms with Crippen molar-refractivity contribution < 1.29 is 14.0 Å². The largest absolute Gasteiger partial charge is 0.493 e. The summed E-state index contributed by atoms with van der Waals surface area (Å²) in [6.07, 6.45) is 0.807. The van der Waals surface area contributed by atoms with Crippen molar-refractivity contribution in [2.24, 2.45) is 5.73 Å². The number of ether oxygens (including phenoxy) is 2. The predicted octanol–water partition coefficient (Wildman–Crippen LogP) is 2.07. The molecule has 1 heterocycles. The lowest BCUT2D eigenvalue weighted by Crippen LogP contribution is -2.03. The van der Waals surface area contributed by atoms with Crippen LogP contribution in [-0.2, 0) is 13.0 Å². The quantitative estimate of drug-likeness (QED) is 0.863. The van der Waals surface area contributed by atoms with E-state index in [1.165, 1.54) is 0 Å².